The number of hydrogen-bond donors (Lipinski definition) is 1. The van der Waals surface area contributed by atoms with E-state index in [1.165, 1.54) is 0 Å². The van der Waals surface area contributed by atoms with Crippen molar-refractivity contribution in [3.8, 4) is 11.4 Å². The van der Waals surface area contributed by atoms with E-state index < -0.39 is 0 Å². The molecule has 2 aromatic carbocycles. The van der Waals surface area contributed by atoms with Gasteiger partial charge in [-0.05, 0) is 42.3 Å². The Morgan fingerprint density at radius 3 is 2.73 bits per heavy atom. The van der Waals surface area contributed by atoms with Gasteiger partial charge >= 0.3 is 0 Å². The minimum atomic E-state index is -0.128. The average molecular weight is 370 g/mol. The second kappa shape index (κ2) is 8.06. The molecule has 5 nitrogen and oxygen atoms in total. The van der Waals surface area contributed by atoms with Gasteiger partial charge in [0.25, 0.3) is 0 Å². The summed E-state index contributed by atoms with van der Waals surface area (Å²) in [5.41, 5.74) is 2.73. The first kappa shape index (κ1) is 18.0. The number of halogens is 1. The summed E-state index contributed by atoms with van der Waals surface area (Å²) in [6.07, 6.45) is 1.04. The Balaban J connectivity index is 1.76. The number of aromatic nitrogens is 2. The number of anilines is 1. The van der Waals surface area contributed by atoms with Crippen molar-refractivity contribution in [3.63, 3.8) is 0 Å². The van der Waals surface area contributed by atoms with E-state index >= 15 is 0 Å². The highest BCUT2D eigenvalue weighted by molar-refractivity contribution is 6.30. The van der Waals surface area contributed by atoms with Crippen LogP contribution in [-0.4, -0.2) is 22.8 Å². The maximum atomic E-state index is 12.4. The molecule has 1 heterocycles. The SMILES string of the molecule is CCc1cc(NC(=O)Cc2cccc(OC)c2)nn1-c1cccc(Cl)c1. The second-order valence-electron chi connectivity index (χ2n) is 5.84. The first-order valence-electron chi connectivity index (χ1n) is 8.36. The van der Waals surface area contributed by atoms with Crippen LogP contribution >= 0.6 is 11.6 Å². The molecule has 0 aliphatic carbocycles. The zero-order valence-corrected chi connectivity index (χ0v) is 15.5. The lowest BCUT2D eigenvalue weighted by Gasteiger charge is -2.06. The largest absolute Gasteiger partial charge is 0.497 e. The molecule has 3 aromatic rings. The van der Waals surface area contributed by atoms with E-state index in [0.717, 1.165) is 29.1 Å². The van der Waals surface area contributed by atoms with Gasteiger partial charge in [-0.2, -0.15) is 0 Å². The molecule has 134 valence electrons. The van der Waals surface area contributed by atoms with Gasteiger partial charge in [-0.1, -0.05) is 36.7 Å². The lowest BCUT2D eigenvalue weighted by atomic mass is 10.1. The Morgan fingerprint density at radius 2 is 2.00 bits per heavy atom. The fourth-order valence-corrected chi connectivity index (χ4v) is 2.90. The first-order chi connectivity index (χ1) is 12.6. The van der Waals surface area contributed by atoms with Gasteiger partial charge in [0.2, 0.25) is 5.91 Å². The van der Waals surface area contributed by atoms with Crippen LogP contribution in [-0.2, 0) is 17.6 Å². The van der Waals surface area contributed by atoms with Crippen LogP contribution < -0.4 is 10.1 Å². The summed E-state index contributed by atoms with van der Waals surface area (Å²) >= 11 is 6.08. The van der Waals surface area contributed by atoms with Crippen LogP contribution in [0.5, 0.6) is 5.75 Å². The quantitative estimate of drug-likeness (QED) is 0.705. The smallest absolute Gasteiger partial charge is 0.229 e. The van der Waals surface area contributed by atoms with Gasteiger partial charge in [0, 0.05) is 16.8 Å². The highest BCUT2D eigenvalue weighted by atomic mass is 35.5. The van der Waals surface area contributed by atoms with E-state index in [1.54, 1.807) is 11.8 Å². The number of nitrogens with zero attached hydrogens (tertiary/aromatic N) is 2. The number of carbonyl (C=O) groups excluding carboxylic acids is 1. The van der Waals surface area contributed by atoms with E-state index in [2.05, 4.69) is 10.4 Å². The summed E-state index contributed by atoms with van der Waals surface area (Å²) in [5, 5.41) is 8.01. The molecule has 0 radical (unpaired) electrons. The molecule has 0 saturated heterocycles. The van der Waals surface area contributed by atoms with Gasteiger partial charge in [-0.15, -0.1) is 5.10 Å². The van der Waals surface area contributed by atoms with E-state index in [-0.39, 0.29) is 12.3 Å². The molecular weight excluding hydrogens is 350 g/mol. The molecule has 0 bridgehead atoms. The number of carbonyl (C=O) groups is 1. The van der Waals surface area contributed by atoms with Crippen molar-refractivity contribution in [1.29, 1.82) is 0 Å². The van der Waals surface area contributed by atoms with Crippen molar-refractivity contribution in [3.05, 3.63) is 70.9 Å². The Morgan fingerprint density at radius 1 is 1.19 bits per heavy atom. The van der Waals surface area contributed by atoms with Crippen molar-refractivity contribution in [2.24, 2.45) is 0 Å². The first-order valence-corrected chi connectivity index (χ1v) is 8.74. The molecule has 6 heteroatoms. The van der Waals surface area contributed by atoms with E-state index in [1.807, 2.05) is 61.5 Å². The van der Waals surface area contributed by atoms with Gasteiger partial charge in [0.05, 0.1) is 19.2 Å². The Bertz CT molecular complexity index is 921. The Labute approximate surface area is 157 Å². The zero-order valence-electron chi connectivity index (χ0n) is 14.7. The standard InChI is InChI=1S/C20H20ClN3O2/c1-3-16-13-19(23-24(16)17-8-5-7-15(21)12-17)22-20(25)11-14-6-4-9-18(10-14)26-2/h4-10,12-13H,3,11H2,1-2H3,(H,22,23,25). The van der Waals surface area contributed by atoms with Crippen LogP contribution in [0.15, 0.2) is 54.6 Å². The summed E-state index contributed by atoms with van der Waals surface area (Å²) in [7, 11) is 1.61. The van der Waals surface area contributed by atoms with E-state index in [9.17, 15) is 4.79 Å². The predicted molar refractivity (Wildman–Crippen MR) is 103 cm³/mol. The van der Waals surface area contributed by atoms with Crippen LogP contribution in [0.2, 0.25) is 5.02 Å². The summed E-state index contributed by atoms with van der Waals surface area (Å²) < 4.78 is 6.99. The maximum absolute atomic E-state index is 12.4. The molecular formula is C20H20ClN3O2. The van der Waals surface area contributed by atoms with Crippen LogP contribution in [0.3, 0.4) is 0 Å². The average Bonchev–Trinajstić information content (AvgIpc) is 3.04. The third-order valence-corrected chi connectivity index (χ3v) is 4.20. The number of rotatable bonds is 6. The Hall–Kier alpha value is -2.79. The predicted octanol–water partition coefficient (Wildman–Crippen LogP) is 4.28. The number of hydrogen-bond acceptors (Lipinski definition) is 3. The number of benzene rings is 2. The topological polar surface area (TPSA) is 56.1 Å². The van der Waals surface area contributed by atoms with Gasteiger partial charge in [0.1, 0.15) is 5.75 Å². The van der Waals surface area contributed by atoms with Gasteiger partial charge in [-0.25, -0.2) is 4.68 Å². The zero-order chi connectivity index (χ0) is 18.5. The second-order valence-corrected chi connectivity index (χ2v) is 6.28. The molecule has 0 saturated carbocycles. The molecule has 0 fully saturated rings. The summed E-state index contributed by atoms with van der Waals surface area (Å²) in [6, 6.07) is 16.8. The molecule has 0 atom stereocenters. The molecule has 1 amide bonds. The fraction of sp³-hybridized carbons (Fsp3) is 0.200. The number of ether oxygens (including phenoxy) is 1. The molecule has 0 unspecified atom stereocenters. The van der Waals surface area contributed by atoms with Crippen molar-refractivity contribution in [2.75, 3.05) is 12.4 Å². The van der Waals surface area contributed by atoms with Crippen LogP contribution in [0.25, 0.3) is 5.69 Å². The highest BCUT2D eigenvalue weighted by Gasteiger charge is 2.12. The monoisotopic (exact) mass is 369 g/mol. The van der Waals surface area contributed by atoms with Crippen molar-refractivity contribution in [2.45, 2.75) is 19.8 Å². The maximum Gasteiger partial charge on any atom is 0.229 e. The van der Waals surface area contributed by atoms with E-state index in [4.69, 9.17) is 16.3 Å². The van der Waals surface area contributed by atoms with Gasteiger partial charge in [0.15, 0.2) is 5.82 Å². The summed E-state index contributed by atoms with van der Waals surface area (Å²) in [5.74, 6) is 1.13. The van der Waals surface area contributed by atoms with Crippen molar-refractivity contribution >= 4 is 23.3 Å². The fourth-order valence-electron chi connectivity index (χ4n) is 2.72. The van der Waals surface area contributed by atoms with Gasteiger partial charge < -0.3 is 10.1 Å². The summed E-state index contributed by atoms with van der Waals surface area (Å²) in [6.45, 7) is 2.04. The Kier molecular flexibility index (Phi) is 5.58. The molecule has 0 spiro atoms. The van der Waals surface area contributed by atoms with Crippen LogP contribution in [0.4, 0.5) is 5.82 Å². The van der Waals surface area contributed by atoms with Crippen LogP contribution in [0, 0.1) is 0 Å². The minimum Gasteiger partial charge on any atom is -0.497 e. The lowest BCUT2D eigenvalue weighted by molar-refractivity contribution is -0.115. The number of nitrogens with one attached hydrogen (secondary N) is 1. The van der Waals surface area contributed by atoms with E-state index in [0.29, 0.717) is 10.8 Å². The van der Waals surface area contributed by atoms with Crippen molar-refractivity contribution < 1.29 is 9.53 Å². The number of aryl methyl sites for hydroxylation is 1. The van der Waals surface area contributed by atoms with Crippen LogP contribution in [0.1, 0.15) is 18.2 Å². The molecule has 26 heavy (non-hydrogen) atoms. The third-order valence-electron chi connectivity index (χ3n) is 3.96. The number of methoxy groups -OCH3 is 1. The van der Waals surface area contributed by atoms with Crippen molar-refractivity contribution in [1.82, 2.24) is 9.78 Å². The molecule has 1 N–H and O–H groups in total. The van der Waals surface area contributed by atoms with Gasteiger partial charge in [-0.3, -0.25) is 4.79 Å². The molecule has 1 aromatic heterocycles. The molecule has 0 aliphatic heterocycles. The third kappa shape index (κ3) is 4.24. The lowest BCUT2D eigenvalue weighted by Crippen LogP contribution is -2.15. The summed E-state index contributed by atoms with van der Waals surface area (Å²) in [4.78, 5) is 12.4. The molecule has 3 rings (SSSR count). The normalized spacial score (nSPS) is 10.6. The number of amides is 1. The highest BCUT2D eigenvalue weighted by Crippen LogP contribution is 2.20. The minimum absolute atomic E-state index is 0.128. The molecule has 0 aliphatic rings.